The second kappa shape index (κ2) is 6.07. The Morgan fingerprint density at radius 1 is 1.52 bits per heavy atom. The summed E-state index contributed by atoms with van der Waals surface area (Å²) in [4.78, 5) is 25.3. The van der Waals surface area contributed by atoms with Gasteiger partial charge in [0.05, 0.1) is 36.3 Å². The summed E-state index contributed by atoms with van der Waals surface area (Å²) in [5.41, 5.74) is 0.0900. The number of imidazole rings is 1. The Morgan fingerprint density at radius 2 is 2.28 bits per heavy atom. The van der Waals surface area contributed by atoms with Gasteiger partial charge in [-0.25, -0.2) is 13.9 Å². The number of aliphatic hydroxyl groups excluding tert-OH is 1. The number of carboxylic acids is 1. The van der Waals surface area contributed by atoms with Crippen molar-refractivity contribution in [2.75, 3.05) is 0 Å². The van der Waals surface area contributed by atoms with Crippen molar-refractivity contribution in [1.29, 1.82) is 0 Å². The maximum Gasteiger partial charge on any atom is 0.354 e. The van der Waals surface area contributed by atoms with E-state index in [0.717, 1.165) is 19.4 Å². The third-order valence-corrected chi connectivity index (χ3v) is 7.93. The average molecular weight is 382 g/mol. The number of hydrogen-bond donors (Lipinski definition) is 2. The SMILES string of the molecule is CC(O)[C@H]1C(=O)N2C(C(=O)O)=C(SC3CCn4cc[n+](C)c4C3)S[C@H]12. The summed E-state index contributed by atoms with van der Waals surface area (Å²) in [7, 11) is 2.02. The van der Waals surface area contributed by atoms with Crippen LogP contribution in [0.3, 0.4) is 0 Å². The van der Waals surface area contributed by atoms with Gasteiger partial charge in [-0.15, -0.1) is 11.8 Å². The molecule has 2 unspecified atom stereocenters. The number of β-lactam (4-membered cyclic amide) rings is 1. The minimum absolute atomic E-state index is 0.0900. The van der Waals surface area contributed by atoms with E-state index in [1.54, 1.807) is 18.7 Å². The van der Waals surface area contributed by atoms with Gasteiger partial charge in [-0.3, -0.25) is 9.69 Å². The number of nitrogens with zero attached hydrogens (tertiary/aromatic N) is 3. The van der Waals surface area contributed by atoms with Crippen LogP contribution in [0.1, 0.15) is 19.2 Å². The van der Waals surface area contributed by atoms with E-state index in [9.17, 15) is 19.8 Å². The largest absolute Gasteiger partial charge is 0.477 e. The number of carbonyl (C=O) groups is 2. The van der Waals surface area contributed by atoms with Crippen molar-refractivity contribution < 1.29 is 24.4 Å². The van der Waals surface area contributed by atoms with Gasteiger partial charge in [-0.05, 0) is 13.3 Å². The van der Waals surface area contributed by atoms with Gasteiger partial charge in [-0.2, -0.15) is 0 Å². The number of hydrogen-bond acceptors (Lipinski definition) is 5. The molecular formula is C16H20N3O4S2+. The third-order valence-electron chi connectivity index (χ3n) is 5.05. The van der Waals surface area contributed by atoms with Crippen LogP contribution in [-0.2, 0) is 29.6 Å². The van der Waals surface area contributed by atoms with Crippen LogP contribution >= 0.6 is 23.5 Å². The number of amides is 1. The van der Waals surface area contributed by atoms with Crippen molar-refractivity contribution in [3.63, 3.8) is 0 Å². The molecule has 0 aromatic carbocycles. The van der Waals surface area contributed by atoms with Gasteiger partial charge < -0.3 is 10.2 Å². The number of aromatic nitrogens is 2. The minimum Gasteiger partial charge on any atom is -0.477 e. The number of aliphatic hydroxyl groups is 1. The number of fused-ring (bicyclic) bond motifs is 2. The molecule has 1 saturated heterocycles. The van der Waals surface area contributed by atoms with Crippen molar-refractivity contribution in [1.82, 2.24) is 9.47 Å². The summed E-state index contributed by atoms with van der Waals surface area (Å²) in [5.74, 6) is -0.645. The van der Waals surface area contributed by atoms with Crippen LogP contribution < -0.4 is 4.57 Å². The molecule has 1 aromatic rings. The predicted octanol–water partition coefficient (Wildman–Crippen LogP) is 0.526. The molecule has 2 N–H and O–H groups in total. The molecule has 3 aliphatic heterocycles. The second-order valence-corrected chi connectivity index (χ2v) is 9.37. The van der Waals surface area contributed by atoms with Gasteiger partial charge in [0.15, 0.2) is 5.70 Å². The fourth-order valence-electron chi connectivity index (χ4n) is 3.69. The lowest BCUT2D eigenvalue weighted by Crippen LogP contribution is -2.60. The number of carbonyl (C=O) groups excluding carboxylic acids is 1. The predicted molar refractivity (Wildman–Crippen MR) is 93.4 cm³/mol. The first-order valence-electron chi connectivity index (χ1n) is 8.24. The Labute approximate surface area is 153 Å². The molecule has 0 radical (unpaired) electrons. The normalized spacial score (nSPS) is 29.3. The summed E-state index contributed by atoms with van der Waals surface area (Å²) >= 11 is 2.97. The molecular weight excluding hydrogens is 362 g/mol. The molecule has 7 nitrogen and oxygen atoms in total. The average Bonchev–Trinajstić information content (AvgIpc) is 3.06. The number of thioether (sulfide) groups is 2. The maximum absolute atomic E-state index is 12.3. The molecule has 3 aliphatic rings. The lowest BCUT2D eigenvalue weighted by Gasteiger charge is -2.43. The monoisotopic (exact) mass is 382 g/mol. The van der Waals surface area contributed by atoms with Crippen LogP contribution in [0.2, 0.25) is 0 Å². The van der Waals surface area contributed by atoms with Gasteiger partial charge in [0, 0.05) is 5.25 Å². The molecule has 9 heteroatoms. The molecule has 4 atom stereocenters. The van der Waals surface area contributed by atoms with Gasteiger partial charge in [0.2, 0.25) is 5.91 Å². The fraction of sp³-hybridized carbons (Fsp3) is 0.562. The second-order valence-electron chi connectivity index (χ2n) is 6.68. The van der Waals surface area contributed by atoms with Crippen molar-refractivity contribution in [2.24, 2.45) is 13.0 Å². The third kappa shape index (κ3) is 2.60. The first-order chi connectivity index (χ1) is 11.9. The van der Waals surface area contributed by atoms with Gasteiger partial charge in [0.1, 0.15) is 17.8 Å². The molecule has 1 fully saturated rings. The minimum atomic E-state index is -1.07. The van der Waals surface area contributed by atoms with E-state index < -0.39 is 18.0 Å². The summed E-state index contributed by atoms with van der Waals surface area (Å²) in [5, 5.41) is 19.4. The van der Waals surface area contributed by atoms with E-state index in [-0.39, 0.29) is 22.2 Å². The standard InChI is InChI=1S/C16H19N3O4S2/c1-8(20)11-13(21)19-12(15(22)23)16(25-14(11)19)24-9-3-4-18-6-5-17(2)10(18)7-9/h5-6,8-9,11,14,20H,3-4,7H2,1-2H3/p+1/t8?,9?,11-,14+/m0/s1. The van der Waals surface area contributed by atoms with Crippen molar-refractivity contribution in [3.05, 3.63) is 28.2 Å². The molecule has 25 heavy (non-hydrogen) atoms. The van der Waals surface area contributed by atoms with Gasteiger partial charge in [0.25, 0.3) is 5.82 Å². The highest BCUT2D eigenvalue weighted by atomic mass is 32.2. The van der Waals surface area contributed by atoms with Crippen LogP contribution in [0.15, 0.2) is 22.3 Å². The van der Waals surface area contributed by atoms with E-state index in [1.165, 1.54) is 22.5 Å². The molecule has 0 aliphatic carbocycles. The summed E-state index contributed by atoms with van der Waals surface area (Å²) in [6.45, 7) is 2.50. The quantitative estimate of drug-likeness (QED) is 0.583. The molecule has 4 rings (SSSR count). The van der Waals surface area contributed by atoms with E-state index >= 15 is 0 Å². The number of rotatable bonds is 4. The van der Waals surface area contributed by atoms with Crippen molar-refractivity contribution in [3.8, 4) is 0 Å². The van der Waals surface area contributed by atoms with Gasteiger partial charge >= 0.3 is 5.97 Å². The first-order valence-corrected chi connectivity index (χ1v) is 10.00. The zero-order valence-corrected chi connectivity index (χ0v) is 15.6. The van der Waals surface area contributed by atoms with Crippen LogP contribution in [0.25, 0.3) is 0 Å². The zero-order valence-electron chi connectivity index (χ0n) is 14.0. The Hall–Kier alpha value is -1.45. The highest BCUT2D eigenvalue weighted by Gasteiger charge is 2.58. The van der Waals surface area contributed by atoms with Crippen LogP contribution in [0, 0.1) is 5.92 Å². The van der Waals surface area contributed by atoms with Crippen molar-refractivity contribution in [2.45, 2.75) is 43.0 Å². The lowest BCUT2D eigenvalue weighted by molar-refractivity contribution is -0.679. The first kappa shape index (κ1) is 17.0. The number of aliphatic carboxylic acids is 1. The van der Waals surface area contributed by atoms with E-state index in [1.807, 2.05) is 13.2 Å². The van der Waals surface area contributed by atoms with Crippen LogP contribution in [0.5, 0.6) is 0 Å². The van der Waals surface area contributed by atoms with Gasteiger partial charge in [-0.1, -0.05) is 11.8 Å². The molecule has 0 saturated carbocycles. The fourth-order valence-corrected chi connectivity index (χ4v) is 7.00. The van der Waals surface area contributed by atoms with Crippen LogP contribution in [0.4, 0.5) is 0 Å². The Morgan fingerprint density at radius 3 is 2.96 bits per heavy atom. The highest BCUT2D eigenvalue weighted by Crippen LogP contribution is 2.55. The van der Waals surface area contributed by atoms with Crippen molar-refractivity contribution >= 4 is 35.4 Å². The summed E-state index contributed by atoms with van der Waals surface area (Å²) in [6.07, 6.45) is 5.16. The molecule has 1 aromatic heterocycles. The van der Waals surface area contributed by atoms with E-state index in [2.05, 4.69) is 15.3 Å². The zero-order chi connectivity index (χ0) is 17.9. The molecule has 0 bridgehead atoms. The molecule has 1 amide bonds. The highest BCUT2D eigenvalue weighted by molar-refractivity contribution is 8.23. The Kier molecular flexibility index (Phi) is 4.12. The molecule has 4 heterocycles. The maximum atomic E-state index is 12.3. The topological polar surface area (TPSA) is 86.7 Å². The smallest absolute Gasteiger partial charge is 0.354 e. The molecule has 0 spiro atoms. The van der Waals surface area contributed by atoms with E-state index in [0.29, 0.717) is 4.24 Å². The number of carboxylic acid groups (broad SMARTS) is 1. The van der Waals surface area contributed by atoms with E-state index in [4.69, 9.17) is 0 Å². The lowest BCUT2D eigenvalue weighted by atomic mass is 9.92. The van der Waals surface area contributed by atoms with Crippen LogP contribution in [-0.4, -0.2) is 48.3 Å². The Bertz CT molecular complexity index is 788. The molecule has 134 valence electrons. The Balaban J connectivity index is 1.55. The summed E-state index contributed by atoms with van der Waals surface area (Å²) < 4.78 is 5.02. The summed E-state index contributed by atoms with van der Waals surface area (Å²) in [6, 6.07) is 0. The number of aryl methyl sites for hydroxylation is 2.